The number of nitrogens with zero attached hydrogens (tertiary/aromatic N) is 1. The van der Waals surface area contributed by atoms with Crippen LogP contribution in [0.15, 0.2) is 18.3 Å². The van der Waals surface area contributed by atoms with Gasteiger partial charge in [0, 0.05) is 12.2 Å². The molecule has 1 heterocycles. The zero-order valence-corrected chi connectivity index (χ0v) is 11.7. The topological polar surface area (TPSA) is 24.9 Å². The Morgan fingerprint density at radius 3 is 2.47 bits per heavy atom. The van der Waals surface area contributed by atoms with E-state index in [9.17, 15) is 0 Å². The molecule has 2 heteroatoms. The number of aryl methyl sites for hydroxylation is 1. The minimum atomic E-state index is 0.399. The lowest BCUT2D eigenvalue weighted by Gasteiger charge is -2.22. The molecule has 1 aromatic rings. The Morgan fingerprint density at radius 1 is 1.24 bits per heavy atom. The van der Waals surface area contributed by atoms with Gasteiger partial charge in [-0.15, -0.1) is 0 Å². The van der Waals surface area contributed by atoms with Crippen LogP contribution in [0.25, 0.3) is 0 Å². The molecule has 0 aliphatic rings. The summed E-state index contributed by atoms with van der Waals surface area (Å²) in [5.74, 6) is 0.791. The van der Waals surface area contributed by atoms with Crippen LogP contribution >= 0.6 is 0 Å². The van der Waals surface area contributed by atoms with Gasteiger partial charge in [-0.2, -0.15) is 0 Å². The summed E-state index contributed by atoms with van der Waals surface area (Å²) >= 11 is 0. The van der Waals surface area contributed by atoms with E-state index in [1.807, 2.05) is 19.3 Å². The average Bonchev–Trinajstić information content (AvgIpc) is 2.40. The third kappa shape index (κ3) is 3.81. The van der Waals surface area contributed by atoms with Crippen molar-refractivity contribution in [1.29, 1.82) is 0 Å². The lowest BCUT2D eigenvalue weighted by atomic mass is 9.91. The van der Waals surface area contributed by atoms with Crippen LogP contribution in [0.1, 0.15) is 57.3 Å². The molecule has 0 fully saturated rings. The van der Waals surface area contributed by atoms with E-state index in [2.05, 4.69) is 37.1 Å². The van der Waals surface area contributed by atoms with Gasteiger partial charge in [0.25, 0.3) is 0 Å². The number of nitrogens with one attached hydrogen (secondary N) is 1. The van der Waals surface area contributed by atoms with Gasteiger partial charge in [0.2, 0.25) is 0 Å². The molecule has 0 spiro atoms. The predicted octanol–water partition coefficient (Wildman–Crippen LogP) is 3.73. The fourth-order valence-corrected chi connectivity index (χ4v) is 2.39. The van der Waals surface area contributed by atoms with Crippen molar-refractivity contribution in [2.45, 2.75) is 52.5 Å². The summed E-state index contributed by atoms with van der Waals surface area (Å²) in [4.78, 5) is 4.58. The van der Waals surface area contributed by atoms with Crippen molar-refractivity contribution in [3.63, 3.8) is 0 Å². The summed E-state index contributed by atoms with van der Waals surface area (Å²) in [6.45, 7) is 6.75. The largest absolute Gasteiger partial charge is 0.312 e. The highest BCUT2D eigenvalue weighted by Crippen LogP contribution is 2.25. The SMILES string of the molecule is CCc1cccnc1C(CC(CC)CC)NC. The van der Waals surface area contributed by atoms with E-state index in [0.717, 1.165) is 12.3 Å². The molecule has 0 saturated heterocycles. The highest BCUT2D eigenvalue weighted by Gasteiger charge is 2.17. The smallest absolute Gasteiger partial charge is 0.0604 e. The Hall–Kier alpha value is -0.890. The van der Waals surface area contributed by atoms with E-state index in [-0.39, 0.29) is 0 Å². The molecule has 1 unspecified atom stereocenters. The number of pyridine rings is 1. The van der Waals surface area contributed by atoms with Crippen LogP contribution in [-0.4, -0.2) is 12.0 Å². The molecule has 1 aromatic heterocycles. The highest BCUT2D eigenvalue weighted by molar-refractivity contribution is 5.22. The van der Waals surface area contributed by atoms with Crippen LogP contribution in [-0.2, 0) is 6.42 Å². The predicted molar refractivity (Wildman–Crippen MR) is 74.1 cm³/mol. The second kappa shape index (κ2) is 7.44. The summed E-state index contributed by atoms with van der Waals surface area (Å²) in [5.41, 5.74) is 2.61. The summed E-state index contributed by atoms with van der Waals surface area (Å²) in [6.07, 6.45) is 6.66. The number of hydrogen-bond acceptors (Lipinski definition) is 2. The van der Waals surface area contributed by atoms with Crippen LogP contribution in [0.4, 0.5) is 0 Å². The van der Waals surface area contributed by atoms with Gasteiger partial charge in [0.1, 0.15) is 0 Å². The van der Waals surface area contributed by atoms with Gasteiger partial charge in [0.05, 0.1) is 5.69 Å². The lowest BCUT2D eigenvalue weighted by Crippen LogP contribution is -2.22. The Bertz CT molecular complexity index is 318. The molecule has 0 aliphatic carbocycles. The molecule has 0 saturated carbocycles. The molecular weight excluding hydrogens is 208 g/mol. The third-order valence-electron chi connectivity index (χ3n) is 3.71. The molecule has 1 atom stereocenters. The van der Waals surface area contributed by atoms with Gasteiger partial charge in [0.15, 0.2) is 0 Å². The molecule has 0 bridgehead atoms. The van der Waals surface area contributed by atoms with Gasteiger partial charge in [-0.25, -0.2) is 0 Å². The van der Waals surface area contributed by atoms with Crippen molar-refractivity contribution in [1.82, 2.24) is 10.3 Å². The molecule has 0 aromatic carbocycles. The zero-order chi connectivity index (χ0) is 12.7. The lowest BCUT2D eigenvalue weighted by molar-refractivity contribution is 0.379. The maximum absolute atomic E-state index is 4.58. The Kier molecular flexibility index (Phi) is 6.20. The van der Waals surface area contributed by atoms with Gasteiger partial charge in [-0.05, 0) is 37.4 Å². The van der Waals surface area contributed by atoms with Crippen LogP contribution in [0.2, 0.25) is 0 Å². The Morgan fingerprint density at radius 2 is 1.94 bits per heavy atom. The first kappa shape index (κ1) is 14.2. The fourth-order valence-electron chi connectivity index (χ4n) is 2.39. The first-order valence-corrected chi connectivity index (χ1v) is 6.87. The summed E-state index contributed by atoms with van der Waals surface area (Å²) < 4.78 is 0. The first-order chi connectivity index (χ1) is 8.26. The summed E-state index contributed by atoms with van der Waals surface area (Å²) in [6, 6.07) is 4.63. The Balaban J connectivity index is 2.85. The molecule has 1 N–H and O–H groups in total. The molecular formula is C15H26N2. The minimum absolute atomic E-state index is 0.399. The molecule has 17 heavy (non-hydrogen) atoms. The molecule has 96 valence electrons. The van der Waals surface area contributed by atoms with Crippen molar-refractivity contribution in [3.05, 3.63) is 29.6 Å². The first-order valence-electron chi connectivity index (χ1n) is 6.87. The van der Waals surface area contributed by atoms with Crippen LogP contribution in [0.3, 0.4) is 0 Å². The number of rotatable bonds is 7. The molecule has 0 amide bonds. The normalized spacial score (nSPS) is 13.0. The summed E-state index contributed by atoms with van der Waals surface area (Å²) in [7, 11) is 2.04. The third-order valence-corrected chi connectivity index (χ3v) is 3.71. The van der Waals surface area contributed by atoms with Crippen LogP contribution < -0.4 is 5.32 Å². The molecule has 0 aliphatic heterocycles. The van der Waals surface area contributed by atoms with Crippen molar-refractivity contribution in [2.75, 3.05) is 7.05 Å². The van der Waals surface area contributed by atoms with E-state index in [0.29, 0.717) is 6.04 Å². The van der Waals surface area contributed by atoms with Crippen molar-refractivity contribution >= 4 is 0 Å². The molecule has 0 radical (unpaired) electrons. The van der Waals surface area contributed by atoms with E-state index in [1.54, 1.807) is 0 Å². The summed E-state index contributed by atoms with van der Waals surface area (Å²) in [5, 5.41) is 3.43. The van der Waals surface area contributed by atoms with E-state index in [4.69, 9.17) is 0 Å². The van der Waals surface area contributed by atoms with Crippen LogP contribution in [0, 0.1) is 5.92 Å². The maximum atomic E-state index is 4.58. The van der Waals surface area contributed by atoms with Crippen molar-refractivity contribution in [3.8, 4) is 0 Å². The second-order valence-corrected chi connectivity index (χ2v) is 4.66. The average molecular weight is 234 g/mol. The molecule has 2 nitrogen and oxygen atoms in total. The maximum Gasteiger partial charge on any atom is 0.0604 e. The standard InChI is InChI=1S/C15H26N2/c1-5-12(6-2)11-14(16-4)15-13(7-3)9-8-10-17-15/h8-10,12,14,16H,5-7,11H2,1-4H3. The van der Waals surface area contributed by atoms with Gasteiger partial charge < -0.3 is 5.32 Å². The second-order valence-electron chi connectivity index (χ2n) is 4.66. The van der Waals surface area contributed by atoms with E-state index >= 15 is 0 Å². The fraction of sp³-hybridized carbons (Fsp3) is 0.667. The van der Waals surface area contributed by atoms with E-state index < -0.39 is 0 Å². The van der Waals surface area contributed by atoms with Gasteiger partial charge in [-0.3, -0.25) is 4.98 Å². The van der Waals surface area contributed by atoms with Crippen molar-refractivity contribution in [2.24, 2.45) is 5.92 Å². The van der Waals surface area contributed by atoms with Crippen molar-refractivity contribution < 1.29 is 0 Å². The number of hydrogen-bond donors (Lipinski definition) is 1. The van der Waals surface area contributed by atoms with Crippen LogP contribution in [0.5, 0.6) is 0 Å². The highest BCUT2D eigenvalue weighted by atomic mass is 14.9. The Labute approximate surface area is 106 Å². The van der Waals surface area contributed by atoms with Gasteiger partial charge in [-0.1, -0.05) is 39.7 Å². The molecule has 1 rings (SSSR count). The monoisotopic (exact) mass is 234 g/mol. The quantitative estimate of drug-likeness (QED) is 0.777. The number of aromatic nitrogens is 1. The zero-order valence-electron chi connectivity index (χ0n) is 11.7. The van der Waals surface area contributed by atoms with E-state index in [1.165, 1.54) is 30.5 Å². The minimum Gasteiger partial charge on any atom is -0.312 e. The van der Waals surface area contributed by atoms with Gasteiger partial charge >= 0.3 is 0 Å².